The van der Waals surface area contributed by atoms with E-state index in [2.05, 4.69) is 26.0 Å². The molecule has 1 atom stereocenters. The molecule has 1 heterocycles. The second kappa shape index (κ2) is 11.1. The lowest BCUT2D eigenvalue weighted by Gasteiger charge is -2.28. The van der Waals surface area contributed by atoms with Crippen LogP contribution in [0.25, 0.3) is 0 Å². The topological polar surface area (TPSA) is 23.6 Å². The Morgan fingerprint density at radius 3 is 2.00 bits per heavy atom. The van der Waals surface area contributed by atoms with Gasteiger partial charge in [-0.1, -0.05) is 47.5 Å². The third-order valence-corrected chi connectivity index (χ3v) is 3.37. The quantitative estimate of drug-likeness (QED) is 0.584. The highest BCUT2D eigenvalue weighted by Gasteiger charge is 2.08. The summed E-state index contributed by atoms with van der Waals surface area (Å²) < 4.78 is 2.28. The molecule has 19 heavy (non-hydrogen) atoms. The van der Waals surface area contributed by atoms with Crippen molar-refractivity contribution < 1.29 is 4.79 Å². The summed E-state index contributed by atoms with van der Waals surface area (Å²) in [5.74, 6) is 0. The molecule has 0 N–H and O–H groups in total. The number of aldehydes is 1. The van der Waals surface area contributed by atoms with Gasteiger partial charge in [-0.05, 0) is 19.5 Å². The number of carbonyl (C=O) groups is 1. The number of piperazine rings is 1. The molecule has 1 aliphatic rings. The van der Waals surface area contributed by atoms with Crippen LogP contribution in [0.15, 0.2) is 24.3 Å². The molecule has 0 bridgehead atoms. The molecule has 4 heteroatoms. The van der Waals surface area contributed by atoms with Gasteiger partial charge < -0.3 is 4.90 Å². The van der Waals surface area contributed by atoms with Gasteiger partial charge in [0.15, 0.2) is 0 Å². The van der Waals surface area contributed by atoms with Gasteiger partial charge in [0.05, 0.1) is 0 Å². The summed E-state index contributed by atoms with van der Waals surface area (Å²) in [7, 11) is 4.89. The first-order chi connectivity index (χ1) is 9.13. The van der Waals surface area contributed by atoms with Crippen LogP contribution in [0.3, 0.4) is 0 Å². The van der Waals surface area contributed by atoms with Crippen molar-refractivity contribution in [1.82, 2.24) is 9.57 Å². The Labute approximate surface area is 120 Å². The molecule has 2 rings (SSSR count). The van der Waals surface area contributed by atoms with Gasteiger partial charge in [0, 0.05) is 31.7 Å². The number of hydrogen-bond acceptors (Lipinski definition) is 3. The number of benzene rings is 1. The minimum Gasteiger partial charge on any atom is -0.304 e. The van der Waals surface area contributed by atoms with Gasteiger partial charge in [-0.3, -0.25) is 9.46 Å². The van der Waals surface area contributed by atoms with Gasteiger partial charge in [0.2, 0.25) is 0 Å². The fraction of sp³-hybridized carbons (Fsp3) is 0.533. The SMILES string of the molecule is CC.CN1CCN(P)CC1.Cc1ccccc1C=O. The molecule has 1 aliphatic heterocycles. The summed E-state index contributed by atoms with van der Waals surface area (Å²) in [5, 5.41) is 0. The lowest BCUT2D eigenvalue weighted by Crippen LogP contribution is -2.39. The van der Waals surface area contributed by atoms with Crippen LogP contribution in [0.4, 0.5) is 0 Å². The average molecular weight is 282 g/mol. The second-order valence-corrected chi connectivity index (χ2v) is 5.04. The molecule has 0 aromatic heterocycles. The highest BCUT2D eigenvalue weighted by Crippen LogP contribution is 2.03. The summed E-state index contributed by atoms with van der Waals surface area (Å²) in [6.07, 6.45) is 0.870. The maximum absolute atomic E-state index is 10.2. The molecule has 1 aromatic carbocycles. The molecular formula is C15H27N2OP. The first-order valence-corrected chi connectivity index (χ1v) is 7.34. The molecule has 108 valence electrons. The highest BCUT2D eigenvalue weighted by atomic mass is 31.0. The summed E-state index contributed by atoms with van der Waals surface area (Å²) >= 11 is 0. The van der Waals surface area contributed by atoms with Crippen molar-refractivity contribution in [2.24, 2.45) is 0 Å². The molecule has 0 aliphatic carbocycles. The maximum atomic E-state index is 10.2. The zero-order chi connectivity index (χ0) is 14.7. The molecular weight excluding hydrogens is 255 g/mol. The van der Waals surface area contributed by atoms with Gasteiger partial charge in [0.1, 0.15) is 6.29 Å². The number of rotatable bonds is 1. The van der Waals surface area contributed by atoms with Crippen LogP contribution in [-0.2, 0) is 0 Å². The van der Waals surface area contributed by atoms with Crippen molar-refractivity contribution in [3.05, 3.63) is 35.4 Å². The number of likely N-dealkylation sites (N-methyl/N-ethyl adjacent to an activating group) is 1. The van der Waals surface area contributed by atoms with E-state index >= 15 is 0 Å². The average Bonchev–Trinajstić information content (AvgIpc) is 2.46. The van der Waals surface area contributed by atoms with Crippen LogP contribution in [0.5, 0.6) is 0 Å². The fourth-order valence-corrected chi connectivity index (χ4v) is 1.77. The predicted octanol–water partition coefficient (Wildman–Crippen LogP) is 2.86. The maximum Gasteiger partial charge on any atom is 0.150 e. The highest BCUT2D eigenvalue weighted by molar-refractivity contribution is 7.13. The first kappa shape index (κ1) is 18.2. The van der Waals surface area contributed by atoms with E-state index in [1.54, 1.807) is 0 Å². The van der Waals surface area contributed by atoms with E-state index in [9.17, 15) is 4.79 Å². The molecule has 0 spiro atoms. The second-order valence-electron chi connectivity index (χ2n) is 4.31. The summed E-state index contributed by atoms with van der Waals surface area (Å²) in [4.78, 5) is 12.6. The molecule has 1 aromatic rings. The van der Waals surface area contributed by atoms with Gasteiger partial charge >= 0.3 is 0 Å². The molecule has 0 saturated carbocycles. The Morgan fingerprint density at radius 2 is 1.63 bits per heavy atom. The zero-order valence-electron chi connectivity index (χ0n) is 12.6. The van der Waals surface area contributed by atoms with Crippen molar-refractivity contribution in [2.45, 2.75) is 20.8 Å². The first-order valence-electron chi connectivity index (χ1n) is 6.82. The van der Waals surface area contributed by atoms with E-state index < -0.39 is 0 Å². The predicted molar refractivity (Wildman–Crippen MR) is 86.7 cm³/mol. The Balaban J connectivity index is 0.000000303. The van der Waals surface area contributed by atoms with Crippen molar-refractivity contribution in [2.75, 3.05) is 33.2 Å². The zero-order valence-corrected chi connectivity index (χ0v) is 13.7. The van der Waals surface area contributed by atoms with E-state index in [0.717, 1.165) is 17.4 Å². The smallest absolute Gasteiger partial charge is 0.150 e. The van der Waals surface area contributed by atoms with Crippen molar-refractivity contribution in [1.29, 1.82) is 0 Å². The van der Waals surface area contributed by atoms with E-state index in [-0.39, 0.29) is 0 Å². The standard InChI is InChI=1S/C8H8O.C5H13N2P.C2H6/c1-7-4-2-3-5-8(7)6-9;1-6-2-4-7(8)5-3-6;1-2/h2-6H,1H3;2-5,8H2,1H3;1-2H3. The van der Waals surface area contributed by atoms with Crippen molar-refractivity contribution >= 4 is 15.7 Å². The number of nitrogens with zero attached hydrogens (tertiary/aromatic N) is 2. The lowest BCUT2D eigenvalue weighted by molar-refractivity contribution is 0.112. The molecule has 0 radical (unpaired) electrons. The Hall–Kier alpha value is -0.760. The molecule has 1 unspecified atom stereocenters. The van der Waals surface area contributed by atoms with Crippen LogP contribution < -0.4 is 0 Å². The Bertz CT molecular complexity index is 340. The van der Waals surface area contributed by atoms with Crippen molar-refractivity contribution in [3.8, 4) is 0 Å². The normalized spacial score (nSPS) is 15.6. The van der Waals surface area contributed by atoms with Crippen LogP contribution in [0.1, 0.15) is 29.8 Å². The molecule has 0 amide bonds. The third-order valence-electron chi connectivity index (χ3n) is 2.85. The molecule has 3 nitrogen and oxygen atoms in total. The van der Waals surface area contributed by atoms with Crippen LogP contribution >= 0.6 is 9.39 Å². The summed E-state index contributed by atoms with van der Waals surface area (Å²) in [5.41, 5.74) is 1.81. The number of carbonyl (C=O) groups excluding carboxylic acids is 1. The van der Waals surface area contributed by atoms with Crippen molar-refractivity contribution in [3.63, 3.8) is 0 Å². The van der Waals surface area contributed by atoms with E-state index in [0.29, 0.717) is 0 Å². The Morgan fingerprint density at radius 1 is 1.11 bits per heavy atom. The number of aryl methyl sites for hydroxylation is 1. The van der Waals surface area contributed by atoms with E-state index in [4.69, 9.17) is 0 Å². The fourth-order valence-electron chi connectivity index (χ4n) is 1.54. The van der Waals surface area contributed by atoms with Gasteiger partial charge in [-0.15, -0.1) is 0 Å². The lowest BCUT2D eigenvalue weighted by atomic mass is 10.1. The third kappa shape index (κ3) is 8.10. The van der Waals surface area contributed by atoms with Crippen LogP contribution in [0, 0.1) is 6.92 Å². The van der Waals surface area contributed by atoms with E-state index in [1.165, 1.54) is 26.2 Å². The van der Waals surface area contributed by atoms with Crippen LogP contribution in [0.2, 0.25) is 0 Å². The number of hydrogen-bond donors (Lipinski definition) is 0. The Kier molecular flexibility index (Phi) is 10.7. The van der Waals surface area contributed by atoms with Gasteiger partial charge in [-0.2, -0.15) is 0 Å². The molecule has 1 fully saturated rings. The minimum atomic E-state index is 0.775. The van der Waals surface area contributed by atoms with E-state index in [1.807, 2.05) is 45.0 Å². The minimum absolute atomic E-state index is 0.775. The van der Waals surface area contributed by atoms with Gasteiger partial charge in [0.25, 0.3) is 0 Å². The van der Waals surface area contributed by atoms with Crippen LogP contribution in [-0.4, -0.2) is 49.1 Å². The monoisotopic (exact) mass is 282 g/mol. The largest absolute Gasteiger partial charge is 0.304 e. The summed E-state index contributed by atoms with van der Waals surface area (Å²) in [6.45, 7) is 10.7. The van der Waals surface area contributed by atoms with Gasteiger partial charge in [-0.25, -0.2) is 0 Å². The molecule has 1 saturated heterocycles. The summed E-state index contributed by atoms with van der Waals surface area (Å²) in [6, 6.07) is 7.51.